The Morgan fingerprint density at radius 1 is 1.25 bits per heavy atom. The Labute approximate surface area is 144 Å². The molecule has 0 aliphatic carbocycles. The molecule has 0 saturated carbocycles. The minimum absolute atomic E-state index is 0.0338. The molecule has 24 heavy (non-hydrogen) atoms. The number of hydrogen-bond acceptors (Lipinski definition) is 3. The average Bonchev–Trinajstić information content (AvgIpc) is 3.29. The molecule has 2 N–H and O–H groups in total. The van der Waals surface area contributed by atoms with Crippen molar-refractivity contribution in [2.45, 2.75) is 25.3 Å². The van der Waals surface area contributed by atoms with E-state index >= 15 is 0 Å². The third-order valence-corrected chi connectivity index (χ3v) is 5.45. The highest BCUT2D eigenvalue weighted by Gasteiger charge is 2.25. The Bertz CT molecular complexity index is 786. The number of imidazole rings is 1. The molecule has 0 spiro atoms. The Morgan fingerprint density at radius 3 is 2.83 bits per heavy atom. The van der Waals surface area contributed by atoms with Crippen molar-refractivity contribution in [1.82, 2.24) is 20.2 Å². The summed E-state index contributed by atoms with van der Waals surface area (Å²) in [7, 11) is 0. The predicted molar refractivity (Wildman–Crippen MR) is 96.2 cm³/mol. The van der Waals surface area contributed by atoms with E-state index in [4.69, 9.17) is 4.98 Å². The van der Waals surface area contributed by atoms with E-state index in [2.05, 4.69) is 16.4 Å². The van der Waals surface area contributed by atoms with Crippen LogP contribution in [0.25, 0.3) is 11.0 Å². The number of nitrogens with one attached hydrogen (secondary N) is 2. The van der Waals surface area contributed by atoms with Crippen LogP contribution in [0.15, 0.2) is 41.8 Å². The third-order valence-electron chi connectivity index (χ3n) is 4.57. The molecule has 0 unspecified atom stereocenters. The highest BCUT2D eigenvalue weighted by molar-refractivity contribution is 7.09. The number of aromatic amines is 1. The lowest BCUT2D eigenvalue weighted by Gasteiger charge is -2.31. The Balaban J connectivity index is 1.33. The Hall–Kier alpha value is -2.34. The minimum Gasteiger partial charge on any atom is -0.342 e. The van der Waals surface area contributed by atoms with Crippen molar-refractivity contribution in [1.29, 1.82) is 0 Å². The summed E-state index contributed by atoms with van der Waals surface area (Å²) in [5, 5.41) is 5.03. The molecule has 3 heterocycles. The number of likely N-dealkylation sites (tertiary alicyclic amines) is 1. The van der Waals surface area contributed by atoms with Crippen LogP contribution in [0.5, 0.6) is 0 Å². The molecule has 1 saturated heterocycles. The number of H-pyrrole nitrogens is 1. The van der Waals surface area contributed by atoms with Crippen molar-refractivity contribution in [2.75, 3.05) is 13.1 Å². The summed E-state index contributed by atoms with van der Waals surface area (Å²) in [4.78, 5) is 23.5. The lowest BCUT2D eigenvalue weighted by molar-refractivity contribution is 0.180. The average molecular weight is 340 g/mol. The zero-order valence-electron chi connectivity index (χ0n) is 13.4. The topological polar surface area (TPSA) is 61.0 Å². The normalized spacial score (nSPS) is 15.8. The first-order valence-corrected chi connectivity index (χ1v) is 9.17. The maximum Gasteiger partial charge on any atom is 0.317 e. The van der Waals surface area contributed by atoms with Gasteiger partial charge in [-0.05, 0) is 36.4 Å². The smallest absolute Gasteiger partial charge is 0.317 e. The molecule has 0 radical (unpaired) electrons. The summed E-state index contributed by atoms with van der Waals surface area (Å²) in [6, 6.07) is 12.2. The fourth-order valence-corrected chi connectivity index (χ4v) is 3.85. The van der Waals surface area contributed by atoms with Gasteiger partial charge in [0.2, 0.25) is 0 Å². The van der Waals surface area contributed by atoms with Gasteiger partial charge in [0.1, 0.15) is 5.82 Å². The molecule has 2 amide bonds. The van der Waals surface area contributed by atoms with E-state index in [9.17, 15) is 4.79 Å². The second-order valence-corrected chi connectivity index (χ2v) is 7.17. The van der Waals surface area contributed by atoms with Gasteiger partial charge in [-0.1, -0.05) is 18.2 Å². The number of para-hydroxylation sites is 2. The molecule has 2 aromatic heterocycles. The monoisotopic (exact) mass is 340 g/mol. The van der Waals surface area contributed by atoms with Crippen LogP contribution < -0.4 is 5.32 Å². The first-order chi connectivity index (χ1) is 11.8. The quantitative estimate of drug-likeness (QED) is 0.763. The second kappa shape index (κ2) is 6.65. The van der Waals surface area contributed by atoms with Crippen molar-refractivity contribution in [3.8, 4) is 0 Å². The lowest BCUT2D eigenvalue weighted by atomic mass is 9.96. The highest BCUT2D eigenvalue weighted by atomic mass is 32.1. The van der Waals surface area contributed by atoms with Gasteiger partial charge < -0.3 is 15.2 Å². The number of nitrogens with zero attached hydrogens (tertiary/aromatic N) is 2. The minimum atomic E-state index is 0.0338. The van der Waals surface area contributed by atoms with Gasteiger partial charge in [-0.15, -0.1) is 11.3 Å². The number of amides is 2. The van der Waals surface area contributed by atoms with Crippen LogP contribution >= 0.6 is 11.3 Å². The van der Waals surface area contributed by atoms with E-state index < -0.39 is 0 Å². The van der Waals surface area contributed by atoms with Gasteiger partial charge in [0, 0.05) is 23.9 Å². The molecule has 6 heteroatoms. The molecular formula is C18H20N4OS. The number of urea groups is 1. The maximum absolute atomic E-state index is 12.3. The number of rotatable bonds is 3. The van der Waals surface area contributed by atoms with Crippen molar-refractivity contribution in [2.24, 2.45) is 0 Å². The van der Waals surface area contributed by atoms with Gasteiger partial charge in [0.15, 0.2) is 0 Å². The molecule has 1 fully saturated rings. The number of piperidine rings is 1. The number of benzene rings is 1. The van der Waals surface area contributed by atoms with Crippen LogP contribution in [0.3, 0.4) is 0 Å². The Kier molecular flexibility index (Phi) is 4.21. The second-order valence-electron chi connectivity index (χ2n) is 6.14. The number of hydrogen-bond donors (Lipinski definition) is 2. The molecule has 4 rings (SSSR count). The summed E-state index contributed by atoms with van der Waals surface area (Å²) >= 11 is 1.67. The fourth-order valence-electron chi connectivity index (χ4n) is 3.21. The number of thiophene rings is 1. The zero-order valence-corrected chi connectivity index (χ0v) is 14.2. The van der Waals surface area contributed by atoms with Crippen LogP contribution in [0, 0.1) is 0 Å². The fraction of sp³-hybridized carbons (Fsp3) is 0.333. The van der Waals surface area contributed by atoms with Crippen molar-refractivity contribution in [3.63, 3.8) is 0 Å². The van der Waals surface area contributed by atoms with Gasteiger partial charge in [-0.3, -0.25) is 0 Å². The van der Waals surface area contributed by atoms with E-state index in [0.29, 0.717) is 12.5 Å². The molecule has 1 aliphatic rings. The first kappa shape index (κ1) is 15.2. The molecule has 5 nitrogen and oxygen atoms in total. The molecular weight excluding hydrogens is 320 g/mol. The molecule has 3 aromatic rings. The van der Waals surface area contributed by atoms with Crippen molar-refractivity contribution < 1.29 is 4.79 Å². The largest absolute Gasteiger partial charge is 0.342 e. The summed E-state index contributed by atoms with van der Waals surface area (Å²) < 4.78 is 0. The van der Waals surface area contributed by atoms with Gasteiger partial charge in [0.25, 0.3) is 0 Å². The summed E-state index contributed by atoms with van der Waals surface area (Å²) in [5.74, 6) is 1.45. The van der Waals surface area contributed by atoms with Gasteiger partial charge in [0.05, 0.1) is 17.6 Å². The summed E-state index contributed by atoms with van der Waals surface area (Å²) in [6.45, 7) is 2.16. The van der Waals surface area contributed by atoms with E-state index in [1.807, 2.05) is 40.6 Å². The van der Waals surface area contributed by atoms with Crippen molar-refractivity contribution >= 4 is 28.4 Å². The Morgan fingerprint density at radius 2 is 2.08 bits per heavy atom. The number of carbonyl (C=O) groups is 1. The third kappa shape index (κ3) is 3.14. The molecule has 0 bridgehead atoms. The van der Waals surface area contributed by atoms with Crippen molar-refractivity contribution in [3.05, 3.63) is 52.5 Å². The standard InChI is InChI=1S/C18H20N4OS/c23-18(19-12-14-4-3-11-24-14)22-9-7-13(8-10-22)17-20-15-5-1-2-6-16(15)21-17/h1-6,11,13H,7-10,12H2,(H,19,23)(H,20,21). The number of aromatic nitrogens is 2. The summed E-state index contributed by atoms with van der Waals surface area (Å²) in [5.41, 5.74) is 2.10. The van der Waals surface area contributed by atoms with Gasteiger partial charge >= 0.3 is 6.03 Å². The lowest BCUT2D eigenvalue weighted by Crippen LogP contribution is -2.43. The van der Waals surface area contributed by atoms with Crippen LogP contribution in [0.2, 0.25) is 0 Å². The van der Waals surface area contributed by atoms with Gasteiger partial charge in [-0.2, -0.15) is 0 Å². The maximum atomic E-state index is 12.3. The van der Waals surface area contributed by atoms with E-state index in [1.54, 1.807) is 11.3 Å². The van der Waals surface area contributed by atoms with Crippen LogP contribution in [0.4, 0.5) is 4.79 Å². The molecule has 1 aliphatic heterocycles. The summed E-state index contributed by atoms with van der Waals surface area (Å²) in [6.07, 6.45) is 1.90. The highest BCUT2D eigenvalue weighted by Crippen LogP contribution is 2.27. The van der Waals surface area contributed by atoms with Crippen LogP contribution in [0.1, 0.15) is 29.5 Å². The van der Waals surface area contributed by atoms with Crippen LogP contribution in [-0.2, 0) is 6.54 Å². The van der Waals surface area contributed by atoms with E-state index in [0.717, 1.165) is 42.8 Å². The van der Waals surface area contributed by atoms with Gasteiger partial charge in [-0.25, -0.2) is 9.78 Å². The van der Waals surface area contributed by atoms with Crippen LogP contribution in [-0.4, -0.2) is 34.0 Å². The number of carbonyl (C=O) groups excluding carboxylic acids is 1. The molecule has 124 valence electrons. The number of fused-ring (bicyclic) bond motifs is 1. The van der Waals surface area contributed by atoms with E-state index in [1.165, 1.54) is 4.88 Å². The SMILES string of the molecule is O=C(NCc1cccs1)N1CCC(c2nc3ccccc3[nH]2)CC1. The van der Waals surface area contributed by atoms with E-state index in [-0.39, 0.29) is 6.03 Å². The zero-order chi connectivity index (χ0) is 16.4. The molecule has 0 atom stereocenters. The first-order valence-electron chi connectivity index (χ1n) is 8.29. The molecule has 1 aromatic carbocycles. The predicted octanol–water partition coefficient (Wildman–Crippen LogP) is 3.71.